The Kier molecular flexibility index (Phi) is 3.42. The molecular weight excluding hydrogens is 334 g/mol. The van der Waals surface area contributed by atoms with E-state index in [-0.39, 0.29) is 5.91 Å². The zero-order chi connectivity index (χ0) is 15.0. The highest BCUT2D eigenvalue weighted by molar-refractivity contribution is 9.10. The molecule has 2 aromatic rings. The van der Waals surface area contributed by atoms with Gasteiger partial charge in [-0.2, -0.15) is 0 Å². The molecule has 1 unspecified atom stereocenters. The molecule has 21 heavy (non-hydrogen) atoms. The van der Waals surface area contributed by atoms with Gasteiger partial charge in [0.1, 0.15) is 18.1 Å². The van der Waals surface area contributed by atoms with Gasteiger partial charge in [-0.1, -0.05) is 15.9 Å². The number of nitrogens with zero attached hydrogens (tertiary/aromatic N) is 3. The maximum Gasteiger partial charge on any atom is 0.238 e. The number of benzene rings is 1. The van der Waals surface area contributed by atoms with Crippen LogP contribution in [0.1, 0.15) is 22.7 Å². The Labute approximate surface area is 129 Å². The molecule has 0 bridgehead atoms. The highest BCUT2D eigenvalue weighted by atomic mass is 79.9. The van der Waals surface area contributed by atoms with Gasteiger partial charge in [0, 0.05) is 23.4 Å². The third-order valence-electron chi connectivity index (χ3n) is 3.32. The monoisotopic (exact) mass is 345 g/mol. The lowest BCUT2D eigenvalue weighted by molar-refractivity contribution is -0.116. The predicted molar refractivity (Wildman–Crippen MR) is 84.6 cm³/mol. The van der Waals surface area contributed by atoms with Crippen molar-refractivity contribution in [3.63, 3.8) is 0 Å². The zero-order valence-electron chi connectivity index (χ0n) is 11.2. The fourth-order valence-electron chi connectivity index (χ4n) is 2.42. The van der Waals surface area contributed by atoms with Gasteiger partial charge in [0.05, 0.1) is 11.3 Å². The first-order chi connectivity index (χ1) is 10.1. The minimum atomic E-state index is -0.518. The van der Waals surface area contributed by atoms with Crippen LogP contribution in [-0.4, -0.2) is 29.1 Å². The van der Waals surface area contributed by atoms with Gasteiger partial charge >= 0.3 is 0 Å². The summed E-state index contributed by atoms with van der Waals surface area (Å²) < 4.78 is 0.899. The highest BCUT2D eigenvalue weighted by Crippen LogP contribution is 2.39. The third kappa shape index (κ3) is 2.29. The number of anilines is 2. The van der Waals surface area contributed by atoms with E-state index in [2.05, 4.69) is 36.2 Å². The van der Waals surface area contributed by atoms with E-state index in [9.17, 15) is 4.79 Å². The first kappa shape index (κ1) is 13.7. The number of hydrogen-bond acceptors (Lipinski definition) is 5. The van der Waals surface area contributed by atoms with E-state index in [4.69, 9.17) is 5.73 Å². The molecule has 1 amide bonds. The molecule has 1 aliphatic rings. The summed E-state index contributed by atoms with van der Waals surface area (Å²) in [7, 11) is 1.63. The first-order valence-electron chi connectivity index (χ1n) is 6.24. The van der Waals surface area contributed by atoms with Gasteiger partial charge in [-0.3, -0.25) is 9.79 Å². The molecule has 6 nitrogen and oxygen atoms in total. The summed E-state index contributed by atoms with van der Waals surface area (Å²) in [4.78, 5) is 24.5. The summed E-state index contributed by atoms with van der Waals surface area (Å²) in [5.41, 5.74) is 8.66. The lowest BCUT2D eigenvalue weighted by atomic mass is 9.94. The van der Waals surface area contributed by atoms with Crippen LogP contribution in [0.2, 0.25) is 0 Å². The average Bonchev–Trinajstić information content (AvgIpc) is 2.77. The van der Waals surface area contributed by atoms with Gasteiger partial charge < -0.3 is 11.1 Å². The van der Waals surface area contributed by atoms with Crippen molar-refractivity contribution in [3.05, 3.63) is 45.8 Å². The lowest BCUT2D eigenvalue weighted by Gasteiger charge is -2.12. The van der Waals surface area contributed by atoms with Crippen molar-refractivity contribution in [2.45, 2.75) is 5.92 Å². The molecule has 0 spiro atoms. The van der Waals surface area contributed by atoms with E-state index in [0.29, 0.717) is 17.1 Å². The van der Waals surface area contributed by atoms with Crippen molar-refractivity contribution in [3.8, 4) is 0 Å². The second-order valence-electron chi connectivity index (χ2n) is 4.60. The number of aromatic nitrogens is 2. The Balaban J connectivity index is 2.21. The van der Waals surface area contributed by atoms with Crippen molar-refractivity contribution in [1.82, 2.24) is 9.97 Å². The van der Waals surface area contributed by atoms with E-state index in [1.807, 2.05) is 18.2 Å². The number of amides is 1. The number of nitrogens with one attached hydrogen (secondary N) is 1. The van der Waals surface area contributed by atoms with Crippen LogP contribution in [0.4, 0.5) is 11.5 Å². The van der Waals surface area contributed by atoms with Crippen LogP contribution in [0, 0.1) is 0 Å². The molecule has 3 rings (SSSR count). The fraction of sp³-hybridized carbons (Fsp3) is 0.143. The van der Waals surface area contributed by atoms with Crippen LogP contribution < -0.4 is 11.1 Å². The highest BCUT2D eigenvalue weighted by Gasteiger charge is 2.35. The topological polar surface area (TPSA) is 93.3 Å². The Morgan fingerprint density at radius 3 is 3.00 bits per heavy atom. The van der Waals surface area contributed by atoms with Gasteiger partial charge in [0.15, 0.2) is 0 Å². The summed E-state index contributed by atoms with van der Waals surface area (Å²) in [6.45, 7) is 0. The largest absolute Gasteiger partial charge is 0.383 e. The molecule has 0 saturated carbocycles. The van der Waals surface area contributed by atoms with E-state index in [1.165, 1.54) is 6.33 Å². The Morgan fingerprint density at radius 1 is 1.43 bits per heavy atom. The summed E-state index contributed by atoms with van der Waals surface area (Å²) in [6.07, 6.45) is 2.94. The Bertz CT molecular complexity index is 759. The molecule has 0 aliphatic carbocycles. The predicted octanol–water partition coefficient (Wildman–Crippen LogP) is 1.95. The second kappa shape index (κ2) is 5.25. The van der Waals surface area contributed by atoms with Crippen LogP contribution in [0.15, 0.2) is 34.0 Å². The molecule has 3 N–H and O–H groups in total. The van der Waals surface area contributed by atoms with Crippen LogP contribution in [0.3, 0.4) is 0 Å². The molecule has 7 heteroatoms. The molecule has 0 radical (unpaired) electrons. The van der Waals surface area contributed by atoms with Crippen molar-refractivity contribution in [1.29, 1.82) is 0 Å². The number of aliphatic imine (C=N–C) groups is 1. The van der Waals surface area contributed by atoms with Crippen molar-refractivity contribution >= 4 is 39.6 Å². The molecule has 1 aromatic heterocycles. The number of nitrogens with two attached hydrogens (primary N) is 1. The molecule has 106 valence electrons. The zero-order valence-corrected chi connectivity index (χ0v) is 12.8. The SMILES string of the molecule is CN=Cc1c(N)ncnc1C1C(=O)Nc2ccc(Br)cc21. The maximum atomic E-state index is 12.3. The summed E-state index contributed by atoms with van der Waals surface area (Å²) >= 11 is 3.43. The third-order valence-corrected chi connectivity index (χ3v) is 3.82. The van der Waals surface area contributed by atoms with Crippen LogP contribution in [0.25, 0.3) is 0 Å². The van der Waals surface area contributed by atoms with Crippen LogP contribution >= 0.6 is 15.9 Å². The fourth-order valence-corrected chi connectivity index (χ4v) is 2.80. The van der Waals surface area contributed by atoms with Gasteiger partial charge in [0.25, 0.3) is 0 Å². The molecular formula is C14H12BrN5O. The number of hydrogen-bond donors (Lipinski definition) is 2. The Morgan fingerprint density at radius 2 is 2.24 bits per heavy atom. The smallest absolute Gasteiger partial charge is 0.238 e. The van der Waals surface area contributed by atoms with Crippen molar-refractivity contribution in [2.24, 2.45) is 4.99 Å². The minimum Gasteiger partial charge on any atom is -0.383 e. The molecule has 0 saturated heterocycles. The lowest BCUT2D eigenvalue weighted by Crippen LogP contribution is -2.17. The first-order valence-corrected chi connectivity index (χ1v) is 7.04. The van der Waals surface area contributed by atoms with Gasteiger partial charge in [-0.25, -0.2) is 9.97 Å². The molecule has 1 aliphatic heterocycles. The van der Waals surface area contributed by atoms with E-state index >= 15 is 0 Å². The number of nitrogen functional groups attached to an aromatic ring is 1. The number of rotatable bonds is 2. The van der Waals surface area contributed by atoms with E-state index in [0.717, 1.165) is 15.7 Å². The van der Waals surface area contributed by atoms with E-state index < -0.39 is 5.92 Å². The van der Waals surface area contributed by atoms with Crippen LogP contribution in [0.5, 0.6) is 0 Å². The average molecular weight is 346 g/mol. The van der Waals surface area contributed by atoms with Gasteiger partial charge in [-0.05, 0) is 23.8 Å². The number of fused-ring (bicyclic) bond motifs is 1. The molecule has 1 aromatic carbocycles. The molecule has 2 heterocycles. The number of halogens is 1. The second-order valence-corrected chi connectivity index (χ2v) is 5.51. The van der Waals surface area contributed by atoms with Crippen molar-refractivity contribution in [2.75, 3.05) is 18.1 Å². The van der Waals surface area contributed by atoms with E-state index in [1.54, 1.807) is 13.3 Å². The quantitative estimate of drug-likeness (QED) is 0.813. The summed E-state index contributed by atoms with van der Waals surface area (Å²) in [5.74, 6) is -0.343. The summed E-state index contributed by atoms with van der Waals surface area (Å²) in [6, 6.07) is 5.64. The summed E-state index contributed by atoms with van der Waals surface area (Å²) in [5, 5.41) is 2.86. The standard InChI is InChI=1S/C14H12BrN5O/c1-17-5-9-12(18-6-19-13(9)16)11-8-4-7(15)2-3-10(8)20-14(11)21/h2-6,11H,1H3,(H,20,21)(H2,16,18,19). The Hall–Kier alpha value is -2.28. The van der Waals surface area contributed by atoms with Crippen LogP contribution in [-0.2, 0) is 4.79 Å². The number of carbonyl (C=O) groups is 1. The normalized spacial score (nSPS) is 17.0. The maximum absolute atomic E-state index is 12.3. The molecule has 0 fully saturated rings. The van der Waals surface area contributed by atoms with Gasteiger partial charge in [-0.15, -0.1) is 0 Å². The minimum absolute atomic E-state index is 0.132. The molecule has 1 atom stereocenters. The van der Waals surface area contributed by atoms with Crippen molar-refractivity contribution < 1.29 is 4.79 Å². The number of carbonyl (C=O) groups excluding carboxylic acids is 1. The van der Waals surface area contributed by atoms with Gasteiger partial charge in [0.2, 0.25) is 5.91 Å².